The first-order valence-corrected chi connectivity index (χ1v) is 6.72. The lowest BCUT2D eigenvalue weighted by Crippen LogP contribution is -2.09. The molecule has 0 atom stereocenters. The first-order valence-electron chi connectivity index (χ1n) is 5.90. The predicted octanol–water partition coefficient (Wildman–Crippen LogP) is 2.15. The highest BCUT2D eigenvalue weighted by Crippen LogP contribution is 2.23. The van der Waals surface area contributed by atoms with Crippen molar-refractivity contribution in [2.45, 2.75) is 13.5 Å². The average molecular weight is 308 g/mol. The van der Waals surface area contributed by atoms with Gasteiger partial charge in [-0.05, 0) is 13.0 Å². The number of carbonyl (C=O) groups is 1. The van der Waals surface area contributed by atoms with Crippen LogP contribution in [0.2, 0.25) is 0 Å². The summed E-state index contributed by atoms with van der Waals surface area (Å²) in [6, 6.07) is 2.48. The Labute approximate surface area is 124 Å². The van der Waals surface area contributed by atoms with E-state index in [0.29, 0.717) is 6.54 Å². The van der Waals surface area contributed by atoms with Crippen LogP contribution in [0.25, 0.3) is 0 Å². The van der Waals surface area contributed by atoms with Crippen molar-refractivity contribution < 1.29 is 14.5 Å². The number of ether oxygens (including phenoxy) is 1. The number of nitrogens with one attached hydrogen (secondary N) is 1. The highest BCUT2D eigenvalue weighted by atomic mass is 32.1. The van der Waals surface area contributed by atoms with Gasteiger partial charge < -0.3 is 10.1 Å². The van der Waals surface area contributed by atoms with Crippen LogP contribution in [0.4, 0.5) is 11.5 Å². The maximum Gasteiger partial charge on any atom is 0.356 e. The second kappa shape index (κ2) is 6.27. The van der Waals surface area contributed by atoms with Crippen molar-refractivity contribution in [1.29, 1.82) is 0 Å². The lowest BCUT2D eigenvalue weighted by atomic mass is 10.3. The van der Waals surface area contributed by atoms with Gasteiger partial charge in [0.1, 0.15) is 0 Å². The molecule has 0 fully saturated rings. The van der Waals surface area contributed by atoms with Crippen LogP contribution in [0, 0.1) is 17.0 Å². The number of anilines is 1. The Morgan fingerprint density at radius 2 is 2.29 bits per heavy atom. The average Bonchev–Trinajstić information content (AvgIpc) is 2.89. The molecule has 0 bridgehead atoms. The molecule has 0 saturated heterocycles. The lowest BCUT2D eigenvalue weighted by molar-refractivity contribution is -0.384. The van der Waals surface area contributed by atoms with Crippen molar-refractivity contribution in [3.05, 3.63) is 44.0 Å². The third kappa shape index (κ3) is 3.51. The number of aryl methyl sites for hydroxylation is 1. The first-order chi connectivity index (χ1) is 10.0. The number of hydrogen-bond acceptors (Lipinski definition) is 8. The van der Waals surface area contributed by atoms with Crippen molar-refractivity contribution >= 4 is 28.8 Å². The number of thiazole rings is 1. The number of aromatic nitrogens is 2. The summed E-state index contributed by atoms with van der Waals surface area (Å²) in [7, 11) is 1.22. The van der Waals surface area contributed by atoms with Gasteiger partial charge in [0.15, 0.2) is 5.69 Å². The molecule has 2 aromatic rings. The van der Waals surface area contributed by atoms with Gasteiger partial charge in [-0.15, -0.1) is 11.3 Å². The summed E-state index contributed by atoms with van der Waals surface area (Å²) < 4.78 is 4.55. The molecule has 1 N–H and O–H groups in total. The van der Waals surface area contributed by atoms with E-state index >= 15 is 0 Å². The minimum Gasteiger partial charge on any atom is -0.464 e. The molecule has 0 radical (unpaired) electrons. The molecule has 0 aliphatic heterocycles. The van der Waals surface area contributed by atoms with Gasteiger partial charge in [0.05, 0.1) is 23.6 Å². The molecule has 9 heteroatoms. The zero-order chi connectivity index (χ0) is 15.4. The number of esters is 1. The van der Waals surface area contributed by atoms with E-state index in [4.69, 9.17) is 0 Å². The molecule has 21 heavy (non-hydrogen) atoms. The second-order valence-corrected chi connectivity index (χ2v) is 5.33. The number of nitro groups is 1. The van der Waals surface area contributed by atoms with Crippen molar-refractivity contribution in [2.75, 3.05) is 12.4 Å². The largest absolute Gasteiger partial charge is 0.464 e. The Bertz CT molecular complexity index is 686. The molecule has 110 valence electrons. The van der Waals surface area contributed by atoms with Gasteiger partial charge in [-0.1, -0.05) is 0 Å². The Balaban J connectivity index is 2.25. The van der Waals surface area contributed by atoms with Crippen LogP contribution in [-0.4, -0.2) is 28.0 Å². The quantitative estimate of drug-likeness (QED) is 0.512. The fourth-order valence-corrected chi connectivity index (χ4v) is 2.34. The Kier molecular flexibility index (Phi) is 4.43. The van der Waals surface area contributed by atoms with Crippen LogP contribution in [0.5, 0.6) is 0 Å². The SMILES string of the molecule is COC(=O)c1ccc([N+](=O)[O-])c(NCc2cnc(C)s2)n1. The van der Waals surface area contributed by atoms with Crippen LogP contribution in [0.1, 0.15) is 20.4 Å². The van der Waals surface area contributed by atoms with Gasteiger partial charge >= 0.3 is 11.7 Å². The van der Waals surface area contributed by atoms with E-state index in [-0.39, 0.29) is 17.2 Å². The predicted molar refractivity (Wildman–Crippen MR) is 76.4 cm³/mol. The minimum absolute atomic E-state index is 0.00563. The van der Waals surface area contributed by atoms with Gasteiger partial charge in [0, 0.05) is 17.1 Å². The van der Waals surface area contributed by atoms with Crippen molar-refractivity contribution in [3.8, 4) is 0 Å². The van der Waals surface area contributed by atoms with Gasteiger partial charge in [0.25, 0.3) is 0 Å². The normalized spacial score (nSPS) is 10.2. The summed E-state index contributed by atoms with van der Waals surface area (Å²) >= 11 is 1.47. The van der Waals surface area contributed by atoms with Crippen LogP contribution in [-0.2, 0) is 11.3 Å². The number of methoxy groups -OCH3 is 1. The third-order valence-electron chi connectivity index (χ3n) is 2.56. The highest BCUT2D eigenvalue weighted by Gasteiger charge is 2.19. The molecule has 2 aromatic heterocycles. The van der Waals surface area contributed by atoms with Crippen LogP contribution >= 0.6 is 11.3 Å². The molecule has 2 rings (SSSR count). The Morgan fingerprint density at radius 3 is 2.86 bits per heavy atom. The van der Waals surface area contributed by atoms with E-state index in [1.165, 1.54) is 30.6 Å². The number of rotatable bonds is 5. The second-order valence-electron chi connectivity index (χ2n) is 4.01. The van der Waals surface area contributed by atoms with Gasteiger partial charge in [-0.2, -0.15) is 0 Å². The number of pyridine rings is 1. The molecule has 0 saturated carbocycles. The summed E-state index contributed by atoms with van der Waals surface area (Å²) in [5.41, 5.74) is -0.199. The number of carbonyl (C=O) groups excluding carboxylic acids is 1. The summed E-state index contributed by atoms with van der Waals surface area (Å²) in [4.78, 5) is 30.8. The molecule has 0 amide bonds. The number of nitrogens with zero attached hydrogens (tertiary/aromatic N) is 3. The number of hydrogen-bond donors (Lipinski definition) is 1. The standard InChI is InChI=1S/C12H12N4O4S/c1-7-13-5-8(21-7)6-14-11-10(16(18)19)4-3-9(15-11)12(17)20-2/h3-5H,6H2,1-2H3,(H,14,15). The van der Waals surface area contributed by atoms with E-state index in [2.05, 4.69) is 20.0 Å². The third-order valence-corrected chi connectivity index (χ3v) is 3.48. The maximum absolute atomic E-state index is 11.4. The van der Waals surface area contributed by atoms with Crippen LogP contribution in [0.15, 0.2) is 18.3 Å². The van der Waals surface area contributed by atoms with E-state index < -0.39 is 10.9 Å². The molecule has 0 aliphatic rings. The molecule has 2 heterocycles. The van der Waals surface area contributed by atoms with Gasteiger partial charge in [-0.25, -0.2) is 14.8 Å². The Morgan fingerprint density at radius 1 is 1.52 bits per heavy atom. The molecule has 0 aromatic carbocycles. The summed E-state index contributed by atoms with van der Waals surface area (Å²) in [6.45, 7) is 2.21. The molecule has 0 aliphatic carbocycles. The zero-order valence-electron chi connectivity index (χ0n) is 11.3. The maximum atomic E-state index is 11.4. The van der Waals surface area contributed by atoms with Crippen LogP contribution in [0.3, 0.4) is 0 Å². The summed E-state index contributed by atoms with van der Waals surface area (Å²) in [6.07, 6.45) is 1.68. The minimum atomic E-state index is -0.651. The monoisotopic (exact) mass is 308 g/mol. The van der Waals surface area contributed by atoms with Crippen LogP contribution < -0.4 is 5.32 Å². The van der Waals surface area contributed by atoms with E-state index in [1.807, 2.05) is 6.92 Å². The van der Waals surface area contributed by atoms with Crippen molar-refractivity contribution in [2.24, 2.45) is 0 Å². The summed E-state index contributed by atoms with van der Waals surface area (Å²) in [5.74, 6) is -0.629. The molecular formula is C12H12N4O4S. The lowest BCUT2D eigenvalue weighted by Gasteiger charge is -2.06. The van der Waals surface area contributed by atoms with Gasteiger partial charge in [-0.3, -0.25) is 10.1 Å². The van der Waals surface area contributed by atoms with E-state index in [9.17, 15) is 14.9 Å². The van der Waals surface area contributed by atoms with Gasteiger partial charge in [0.2, 0.25) is 5.82 Å². The zero-order valence-corrected chi connectivity index (χ0v) is 12.1. The Hall–Kier alpha value is -2.55. The highest BCUT2D eigenvalue weighted by molar-refractivity contribution is 7.11. The fraction of sp³-hybridized carbons (Fsp3) is 0.250. The molecular weight excluding hydrogens is 296 g/mol. The fourth-order valence-electron chi connectivity index (χ4n) is 1.61. The smallest absolute Gasteiger partial charge is 0.356 e. The molecule has 8 nitrogen and oxygen atoms in total. The topological polar surface area (TPSA) is 107 Å². The van der Waals surface area contributed by atoms with Crippen molar-refractivity contribution in [3.63, 3.8) is 0 Å². The molecule has 0 spiro atoms. The van der Waals surface area contributed by atoms with E-state index in [1.54, 1.807) is 6.20 Å². The van der Waals surface area contributed by atoms with Crippen molar-refractivity contribution in [1.82, 2.24) is 9.97 Å². The first kappa shape index (κ1) is 14.9. The molecule has 0 unspecified atom stereocenters. The summed E-state index contributed by atoms with van der Waals surface area (Å²) in [5, 5.41) is 14.7. The van der Waals surface area contributed by atoms with E-state index in [0.717, 1.165) is 9.88 Å².